The van der Waals surface area contributed by atoms with Gasteiger partial charge in [0.15, 0.2) is 0 Å². The first kappa shape index (κ1) is 12.8. The van der Waals surface area contributed by atoms with E-state index < -0.39 is 16.8 Å². The molecule has 1 aromatic carbocycles. The lowest BCUT2D eigenvalue weighted by molar-refractivity contribution is 0.196. The Kier molecular flexibility index (Phi) is 2.65. The third-order valence-electron chi connectivity index (χ3n) is 4.07. The highest BCUT2D eigenvalue weighted by Gasteiger charge is 2.43. The van der Waals surface area contributed by atoms with Gasteiger partial charge < -0.3 is 4.98 Å². The Morgan fingerprint density at radius 1 is 1.30 bits per heavy atom. The molecule has 2 aromatic rings. The van der Waals surface area contributed by atoms with Crippen LogP contribution in [0.3, 0.4) is 0 Å². The SMILES string of the molecule is CN1Cc2c([nH]c(=O)[nH]c2=O)C1(C)c1cccc(F)c1. The van der Waals surface area contributed by atoms with Crippen LogP contribution in [0.5, 0.6) is 0 Å². The van der Waals surface area contributed by atoms with Crippen molar-refractivity contribution in [3.63, 3.8) is 0 Å². The minimum atomic E-state index is -0.731. The van der Waals surface area contributed by atoms with Crippen LogP contribution in [0.15, 0.2) is 33.9 Å². The first-order valence-electron chi connectivity index (χ1n) is 6.26. The van der Waals surface area contributed by atoms with E-state index in [1.165, 1.54) is 12.1 Å². The van der Waals surface area contributed by atoms with Crippen LogP contribution in [-0.4, -0.2) is 21.9 Å². The molecule has 0 spiro atoms. The highest BCUT2D eigenvalue weighted by atomic mass is 19.1. The summed E-state index contributed by atoms with van der Waals surface area (Å²) in [7, 11) is 1.84. The van der Waals surface area contributed by atoms with Crippen LogP contribution in [0.4, 0.5) is 4.39 Å². The Bertz CT molecular complexity index is 795. The van der Waals surface area contributed by atoms with Crippen LogP contribution < -0.4 is 11.2 Å². The van der Waals surface area contributed by atoms with Gasteiger partial charge in [-0.1, -0.05) is 12.1 Å². The molecule has 20 heavy (non-hydrogen) atoms. The Labute approximate surface area is 114 Å². The largest absolute Gasteiger partial charge is 0.325 e. The zero-order chi connectivity index (χ0) is 14.5. The molecule has 0 bridgehead atoms. The molecule has 2 N–H and O–H groups in total. The second-order valence-corrected chi connectivity index (χ2v) is 5.20. The second-order valence-electron chi connectivity index (χ2n) is 5.20. The summed E-state index contributed by atoms with van der Waals surface area (Å²) in [6.07, 6.45) is 0. The molecule has 0 fully saturated rings. The summed E-state index contributed by atoms with van der Waals surface area (Å²) in [4.78, 5) is 30.3. The van der Waals surface area contributed by atoms with Crippen molar-refractivity contribution in [3.05, 3.63) is 67.7 Å². The summed E-state index contributed by atoms with van der Waals surface area (Å²) >= 11 is 0. The molecule has 1 unspecified atom stereocenters. The Balaban J connectivity index is 2.31. The average molecular weight is 275 g/mol. The minimum absolute atomic E-state index is 0.349. The van der Waals surface area contributed by atoms with E-state index in [0.717, 1.165) is 0 Å². The van der Waals surface area contributed by atoms with Gasteiger partial charge in [-0.3, -0.25) is 14.7 Å². The van der Waals surface area contributed by atoms with E-state index in [4.69, 9.17) is 0 Å². The van der Waals surface area contributed by atoms with Crippen LogP contribution >= 0.6 is 0 Å². The van der Waals surface area contributed by atoms with Gasteiger partial charge in [-0.25, -0.2) is 9.18 Å². The smallest absolute Gasteiger partial charge is 0.309 e. The maximum absolute atomic E-state index is 13.5. The minimum Gasteiger partial charge on any atom is -0.309 e. The number of rotatable bonds is 1. The fraction of sp³-hybridized carbons (Fsp3) is 0.286. The molecule has 1 aliphatic rings. The number of aromatic amines is 2. The van der Waals surface area contributed by atoms with Crippen molar-refractivity contribution in [1.29, 1.82) is 0 Å². The van der Waals surface area contributed by atoms with E-state index in [2.05, 4.69) is 9.97 Å². The van der Waals surface area contributed by atoms with Crippen LogP contribution in [0.2, 0.25) is 0 Å². The zero-order valence-electron chi connectivity index (χ0n) is 11.2. The molecule has 6 heteroatoms. The summed E-state index contributed by atoms with van der Waals surface area (Å²) in [6.45, 7) is 2.26. The molecular formula is C14H14FN3O2. The standard InChI is InChI=1S/C14H14FN3O2/c1-14(8-4-3-5-9(15)6-8)11-10(7-18(14)2)12(19)17-13(20)16-11/h3-6H,7H2,1-2H3,(H2,16,17,19,20). The number of H-pyrrole nitrogens is 2. The number of nitrogens with zero attached hydrogens (tertiary/aromatic N) is 1. The monoisotopic (exact) mass is 275 g/mol. The van der Waals surface area contributed by atoms with Crippen molar-refractivity contribution in [2.75, 3.05) is 7.05 Å². The van der Waals surface area contributed by atoms with Crippen molar-refractivity contribution >= 4 is 0 Å². The number of halogens is 1. The number of benzene rings is 1. The summed E-state index contributed by atoms with van der Waals surface area (Å²) < 4.78 is 13.5. The second kappa shape index (κ2) is 4.14. The maximum Gasteiger partial charge on any atom is 0.325 e. The van der Waals surface area contributed by atoms with Gasteiger partial charge in [0.25, 0.3) is 5.56 Å². The number of aromatic nitrogens is 2. The lowest BCUT2D eigenvalue weighted by Crippen LogP contribution is -2.38. The molecule has 2 heterocycles. The Morgan fingerprint density at radius 3 is 2.75 bits per heavy atom. The predicted octanol–water partition coefficient (Wildman–Crippen LogP) is 0.911. The summed E-state index contributed by atoms with van der Waals surface area (Å²) in [5, 5.41) is 0. The fourth-order valence-corrected chi connectivity index (χ4v) is 2.82. The average Bonchev–Trinajstić information content (AvgIpc) is 2.64. The molecule has 3 rings (SSSR count). The van der Waals surface area contributed by atoms with Crippen LogP contribution in [0.1, 0.15) is 23.7 Å². The normalized spacial score (nSPS) is 21.9. The molecule has 0 radical (unpaired) electrons. The van der Waals surface area contributed by atoms with Crippen LogP contribution in [0, 0.1) is 5.82 Å². The molecule has 5 nitrogen and oxygen atoms in total. The van der Waals surface area contributed by atoms with Gasteiger partial charge >= 0.3 is 5.69 Å². The summed E-state index contributed by atoms with van der Waals surface area (Å²) in [6, 6.07) is 6.19. The van der Waals surface area contributed by atoms with Crippen molar-refractivity contribution in [1.82, 2.24) is 14.9 Å². The highest BCUT2D eigenvalue weighted by molar-refractivity contribution is 5.41. The third-order valence-corrected chi connectivity index (χ3v) is 4.07. The van der Waals surface area contributed by atoms with Gasteiger partial charge in [0.05, 0.1) is 16.8 Å². The Morgan fingerprint density at radius 2 is 2.05 bits per heavy atom. The molecule has 0 amide bonds. The third kappa shape index (κ3) is 1.65. The molecule has 1 atom stereocenters. The van der Waals surface area contributed by atoms with Crippen molar-refractivity contribution < 1.29 is 4.39 Å². The lowest BCUT2D eigenvalue weighted by atomic mass is 9.88. The van der Waals surface area contributed by atoms with Gasteiger partial charge in [-0.05, 0) is 31.7 Å². The number of hydrogen-bond donors (Lipinski definition) is 2. The quantitative estimate of drug-likeness (QED) is 0.813. The molecule has 1 aromatic heterocycles. The number of hydrogen-bond acceptors (Lipinski definition) is 3. The van der Waals surface area contributed by atoms with Gasteiger partial charge in [0, 0.05) is 6.54 Å². The first-order valence-corrected chi connectivity index (χ1v) is 6.26. The summed E-state index contributed by atoms with van der Waals surface area (Å²) in [5.74, 6) is -0.349. The van der Waals surface area contributed by atoms with Crippen molar-refractivity contribution in [2.24, 2.45) is 0 Å². The molecular weight excluding hydrogens is 261 g/mol. The van der Waals surface area contributed by atoms with Gasteiger partial charge in [0.1, 0.15) is 5.82 Å². The first-order chi connectivity index (χ1) is 9.42. The fourth-order valence-electron chi connectivity index (χ4n) is 2.82. The van der Waals surface area contributed by atoms with Gasteiger partial charge in [0.2, 0.25) is 0 Å². The van der Waals surface area contributed by atoms with Crippen LogP contribution in [-0.2, 0) is 12.1 Å². The predicted molar refractivity (Wildman–Crippen MR) is 72.0 cm³/mol. The highest BCUT2D eigenvalue weighted by Crippen LogP contribution is 2.40. The van der Waals surface area contributed by atoms with E-state index >= 15 is 0 Å². The van der Waals surface area contributed by atoms with E-state index in [1.54, 1.807) is 12.1 Å². The molecule has 104 valence electrons. The summed E-state index contributed by atoms with van der Waals surface area (Å²) in [5.41, 5.74) is 0.0609. The Hall–Kier alpha value is -2.21. The van der Waals surface area contributed by atoms with Crippen LogP contribution in [0.25, 0.3) is 0 Å². The van der Waals surface area contributed by atoms with E-state index in [0.29, 0.717) is 23.4 Å². The van der Waals surface area contributed by atoms with E-state index in [-0.39, 0.29) is 5.82 Å². The number of nitrogens with one attached hydrogen (secondary N) is 2. The van der Waals surface area contributed by atoms with Gasteiger partial charge in [-0.2, -0.15) is 0 Å². The lowest BCUT2D eigenvalue weighted by Gasteiger charge is -2.33. The van der Waals surface area contributed by atoms with Gasteiger partial charge in [-0.15, -0.1) is 0 Å². The molecule has 1 aliphatic heterocycles. The zero-order valence-corrected chi connectivity index (χ0v) is 11.2. The number of fused-ring (bicyclic) bond motifs is 1. The molecule has 0 saturated carbocycles. The topological polar surface area (TPSA) is 69.0 Å². The molecule has 0 saturated heterocycles. The van der Waals surface area contributed by atoms with Crippen molar-refractivity contribution in [2.45, 2.75) is 19.0 Å². The van der Waals surface area contributed by atoms with E-state index in [1.807, 2.05) is 18.9 Å². The van der Waals surface area contributed by atoms with E-state index in [9.17, 15) is 14.0 Å². The van der Waals surface area contributed by atoms with Crippen molar-refractivity contribution in [3.8, 4) is 0 Å². The maximum atomic E-state index is 13.5. The molecule has 0 aliphatic carbocycles.